The van der Waals surface area contributed by atoms with Crippen molar-refractivity contribution in [3.63, 3.8) is 0 Å². The Balaban J connectivity index is 1.48. The van der Waals surface area contributed by atoms with E-state index in [2.05, 4.69) is 28.7 Å². The minimum atomic E-state index is -0.520. The Morgan fingerprint density at radius 1 is 1.42 bits per heavy atom. The molecular weight excluding hydrogens is 306 g/mol. The van der Waals surface area contributed by atoms with Crippen molar-refractivity contribution in [1.82, 2.24) is 14.9 Å². The van der Waals surface area contributed by atoms with Crippen molar-refractivity contribution in [2.24, 2.45) is 0 Å². The molecule has 0 aromatic carbocycles. The third-order valence-corrected chi connectivity index (χ3v) is 4.16. The summed E-state index contributed by atoms with van der Waals surface area (Å²) in [5.41, 5.74) is 2.31. The molecule has 0 bridgehead atoms. The summed E-state index contributed by atoms with van der Waals surface area (Å²) in [6, 6.07) is 3.69. The lowest BCUT2D eigenvalue weighted by molar-refractivity contribution is 0.00286. The molecule has 3 rings (SSSR count). The van der Waals surface area contributed by atoms with Crippen molar-refractivity contribution in [1.29, 1.82) is 0 Å². The van der Waals surface area contributed by atoms with Crippen LogP contribution in [0.5, 0.6) is 0 Å². The van der Waals surface area contributed by atoms with Gasteiger partial charge in [-0.15, -0.1) is 0 Å². The summed E-state index contributed by atoms with van der Waals surface area (Å²) in [4.78, 5) is 11.3. The second-order valence-electron chi connectivity index (χ2n) is 6.59. The van der Waals surface area contributed by atoms with Crippen LogP contribution in [0.15, 0.2) is 29.0 Å². The van der Waals surface area contributed by atoms with Gasteiger partial charge in [-0.1, -0.05) is 13.8 Å². The molecule has 3 heterocycles. The molecule has 2 aromatic rings. The summed E-state index contributed by atoms with van der Waals surface area (Å²) in [6.07, 6.45) is 3.98. The first-order valence-corrected chi connectivity index (χ1v) is 8.47. The molecule has 0 fully saturated rings. The van der Waals surface area contributed by atoms with Crippen molar-refractivity contribution in [3.8, 4) is 0 Å². The van der Waals surface area contributed by atoms with Crippen LogP contribution in [0.2, 0.25) is 0 Å². The molecule has 1 atom stereocenters. The summed E-state index contributed by atoms with van der Waals surface area (Å²) in [7, 11) is 0. The minimum Gasteiger partial charge on any atom is -0.467 e. The van der Waals surface area contributed by atoms with Crippen LogP contribution in [0.25, 0.3) is 0 Å². The van der Waals surface area contributed by atoms with Gasteiger partial charge in [0, 0.05) is 31.7 Å². The van der Waals surface area contributed by atoms with E-state index in [1.54, 1.807) is 6.26 Å². The number of nitrogens with zero attached hydrogens (tertiary/aromatic N) is 3. The maximum atomic E-state index is 10.2. The smallest absolute Gasteiger partial charge is 0.131 e. The molecule has 1 N–H and O–H groups in total. The molecule has 6 nitrogen and oxygen atoms in total. The van der Waals surface area contributed by atoms with Crippen molar-refractivity contribution < 1.29 is 14.3 Å². The summed E-state index contributed by atoms with van der Waals surface area (Å²) >= 11 is 0. The second-order valence-corrected chi connectivity index (χ2v) is 6.59. The maximum Gasteiger partial charge on any atom is 0.131 e. The van der Waals surface area contributed by atoms with Crippen LogP contribution in [-0.4, -0.2) is 45.8 Å². The van der Waals surface area contributed by atoms with Gasteiger partial charge in [0.05, 0.1) is 24.7 Å². The monoisotopic (exact) mass is 331 g/mol. The van der Waals surface area contributed by atoms with E-state index in [9.17, 15) is 5.11 Å². The molecule has 130 valence electrons. The van der Waals surface area contributed by atoms with Gasteiger partial charge in [0.2, 0.25) is 0 Å². The van der Waals surface area contributed by atoms with Crippen molar-refractivity contribution >= 4 is 0 Å². The highest BCUT2D eigenvalue weighted by molar-refractivity contribution is 5.21. The molecule has 0 unspecified atom stereocenters. The van der Waals surface area contributed by atoms with E-state index in [1.165, 1.54) is 5.56 Å². The summed E-state index contributed by atoms with van der Waals surface area (Å²) in [6.45, 7) is 7.13. The fourth-order valence-electron chi connectivity index (χ4n) is 2.85. The van der Waals surface area contributed by atoms with E-state index in [0.29, 0.717) is 25.7 Å². The number of aliphatic hydroxyl groups excluding tert-OH is 1. The van der Waals surface area contributed by atoms with Crippen molar-refractivity contribution in [2.45, 2.75) is 45.4 Å². The number of hydrogen-bond acceptors (Lipinski definition) is 6. The number of furan rings is 1. The molecule has 0 aliphatic carbocycles. The third-order valence-electron chi connectivity index (χ3n) is 4.16. The zero-order valence-corrected chi connectivity index (χ0v) is 14.3. The van der Waals surface area contributed by atoms with Crippen LogP contribution in [0.1, 0.15) is 42.6 Å². The highest BCUT2D eigenvalue weighted by Crippen LogP contribution is 2.19. The van der Waals surface area contributed by atoms with Gasteiger partial charge in [-0.3, -0.25) is 4.90 Å². The number of rotatable bonds is 7. The van der Waals surface area contributed by atoms with Gasteiger partial charge < -0.3 is 14.3 Å². The van der Waals surface area contributed by atoms with Crippen LogP contribution >= 0.6 is 0 Å². The average Bonchev–Trinajstić information content (AvgIpc) is 3.07. The third kappa shape index (κ3) is 4.41. The van der Waals surface area contributed by atoms with Gasteiger partial charge >= 0.3 is 0 Å². The molecular formula is C18H25N3O3. The predicted octanol–water partition coefficient (Wildman–Crippen LogP) is 2.13. The van der Waals surface area contributed by atoms with Gasteiger partial charge in [-0.25, -0.2) is 9.97 Å². The normalized spacial score (nSPS) is 16.3. The molecule has 0 radical (unpaired) electrons. The molecule has 0 saturated heterocycles. The van der Waals surface area contributed by atoms with E-state index in [0.717, 1.165) is 36.8 Å². The van der Waals surface area contributed by atoms with Crippen LogP contribution in [0.3, 0.4) is 0 Å². The molecule has 6 heteroatoms. The number of hydrogen-bond donors (Lipinski definition) is 1. The van der Waals surface area contributed by atoms with E-state index in [-0.39, 0.29) is 0 Å². The molecule has 0 spiro atoms. The molecule has 1 aliphatic rings. The average molecular weight is 331 g/mol. The Kier molecular flexibility index (Phi) is 5.60. The van der Waals surface area contributed by atoms with E-state index >= 15 is 0 Å². The quantitative estimate of drug-likeness (QED) is 0.838. The first-order valence-electron chi connectivity index (χ1n) is 8.47. The second kappa shape index (κ2) is 7.88. The van der Waals surface area contributed by atoms with E-state index in [4.69, 9.17) is 9.15 Å². The van der Waals surface area contributed by atoms with Gasteiger partial charge in [-0.2, -0.15) is 0 Å². The number of aromatic nitrogens is 2. The zero-order valence-electron chi connectivity index (χ0n) is 14.3. The Labute approximate surface area is 142 Å². The topological polar surface area (TPSA) is 71.6 Å². The van der Waals surface area contributed by atoms with E-state index < -0.39 is 6.10 Å². The lowest BCUT2D eigenvalue weighted by Gasteiger charge is -2.29. The first-order chi connectivity index (χ1) is 11.6. The number of aliphatic hydroxyl groups is 1. The minimum absolute atomic E-state index is 0.297. The van der Waals surface area contributed by atoms with Crippen LogP contribution in [-0.2, 0) is 24.3 Å². The van der Waals surface area contributed by atoms with Crippen LogP contribution in [0.4, 0.5) is 0 Å². The highest BCUT2D eigenvalue weighted by Gasteiger charge is 2.21. The predicted molar refractivity (Wildman–Crippen MR) is 89.5 cm³/mol. The van der Waals surface area contributed by atoms with Crippen molar-refractivity contribution in [3.05, 3.63) is 47.4 Å². The Hall–Kier alpha value is -1.76. The fourth-order valence-corrected chi connectivity index (χ4v) is 2.85. The van der Waals surface area contributed by atoms with Gasteiger partial charge in [0.25, 0.3) is 0 Å². The number of β-amino-alcohol motifs (C(OH)–C–C–N with tert-alkyl or cyclic N) is 1. The Morgan fingerprint density at radius 3 is 3.04 bits per heavy atom. The SMILES string of the molecule is CC(C)c1ncc2c(n1)CN(C[C@H](O)COCc1ccco1)CC2. The molecule has 1 aliphatic heterocycles. The van der Waals surface area contributed by atoms with Gasteiger partial charge in [0.1, 0.15) is 18.2 Å². The Bertz CT molecular complexity index is 643. The van der Waals surface area contributed by atoms with Gasteiger partial charge in [-0.05, 0) is 24.1 Å². The fraction of sp³-hybridized carbons (Fsp3) is 0.556. The van der Waals surface area contributed by atoms with Crippen LogP contribution < -0.4 is 0 Å². The van der Waals surface area contributed by atoms with Gasteiger partial charge in [0.15, 0.2) is 0 Å². The molecule has 2 aromatic heterocycles. The molecule has 0 saturated carbocycles. The summed E-state index contributed by atoms with van der Waals surface area (Å²) in [5.74, 6) is 1.98. The lowest BCUT2D eigenvalue weighted by Crippen LogP contribution is -2.39. The lowest BCUT2D eigenvalue weighted by atomic mass is 10.1. The van der Waals surface area contributed by atoms with Crippen molar-refractivity contribution in [2.75, 3.05) is 19.7 Å². The molecule has 24 heavy (non-hydrogen) atoms. The number of fused-ring (bicyclic) bond motifs is 1. The van der Waals surface area contributed by atoms with Crippen LogP contribution in [0, 0.1) is 0 Å². The highest BCUT2D eigenvalue weighted by atomic mass is 16.5. The summed E-state index contributed by atoms with van der Waals surface area (Å²) in [5, 5.41) is 10.2. The van der Waals surface area contributed by atoms with E-state index in [1.807, 2.05) is 18.3 Å². The zero-order chi connectivity index (χ0) is 16.9. The largest absolute Gasteiger partial charge is 0.467 e. The number of ether oxygens (including phenoxy) is 1. The Morgan fingerprint density at radius 2 is 2.29 bits per heavy atom. The first kappa shape index (κ1) is 17.1. The maximum absolute atomic E-state index is 10.2. The summed E-state index contributed by atoms with van der Waals surface area (Å²) < 4.78 is 10.7. The standard InChI is InChI=1S/C18H25N3O3/c1-13(2)18-19-8-14-5-6-21(10-17(14)20-18)9-15(22)11-23-12-16-4-3-7-24-16/h3-4,7-8,13,15,22H,5-6,9-12H2,1-2H3/t15-/m0/s1. The molecule has 0 amide bonds.